The average molecular weight is 321 g/mol. The van der Waals surface area contributed by atoms with E-state index in [0.29, 0.717) is 21.4 Å². The SMILES string of the molecule is Cc1cc(O)ccc1NC(=O)c1ccc(N)c(Br)c1. The number of hydrogen-bond acceptors (Lipinski definition) is 3. The summed E-state index contributed by atoms with van der Waals surface area (Å²) in [4.78, 5) is 12.1. The molecule has 19 heavy (non-hydrogen) atoms. The molecule has 0 aliphatic heterocycles. The molecule has 0 radical (unpaired) electrons. The van der Waals surface area contributed by atoms with E-state index in [9.17, 15) is 9.90 Å². The number of amides is 1. The zero-order valence-electron chi connectivity index (χ0n) is 10.3. The van der Waals surface area contributed by atoms with Crippen molar-refractivity contribution in [2.75, 3.05) is 11.1 Å². The quantitative estimate of drug-likeness (QED) is 0.587. The molecule has 2 aromatic rings. The molecule has 0 atom stereocenters. The van der Waals surface area contributed by atoms with Gasteiger partial charge in [0.2, 0.25) is 0 Å². The molecule has 0 fully saturated rings. The summed E-state index contributed by atoms with van der Waals surface area (Å²) in [6, 6.07) is 9.78. The van der Waals surface area contributed by atoms with Gasteiger partial charge in [0.15, 0.2) is 0 Å². The second-order valence-corrected chi connectivity index (χ2v) is 5.04. The number of nitrogens with one attached hydrogen (secondary N) is 1. The predicted molar refractivity (Wildman–Crippen MR) is 79.4 cm³/mol. The topological polar surface area (TPSA) is 75.3 Å². The minimum Gasteiger partial charge on any atom is -0.508 e. The molecule has 0 unspecified atom stereocenters. The van der Waals surface area contributed by atoms with Gasteiger partial charge in [0.05, 0.1) is 0 Å². The Morgan fingerprint density at radius 2 is 2.00 bits per heavy atom. The molecule has 0 aromatic heterocycles. The number of hydrogen-bond donors (Lipinski definition) is 3. The highest BCUT2D eigenvalue weighted by molar-refractivity contribution is 9.10. The van der Waals surface area contributed by atoms with Gasteiger partial charge in [-0.3, -0.25) is 4.79 Å². The Morgan fingerprint density at radius 3 is 2.63 bits per heavy atom. The van der Waals surface area contributed by atoms with Crippen LogP contribution in [-0.4, -0.2) is 11.0 Å². The lowest BCUT2D eigenvalue weighted by atomic mass is 10.1. The third-order valence-electron chi connectivity index (χ3n) is 2.72. The zero-order chi connectivity index (χ0) is 14.0. The van der Waals surface area contributed by atoms with Crippen LogP contribution in [0.5, 0.6) is 5.75 Å². The number of halogens is 1. The van der Waals surface area contributed by atoms with E-state index in [0.717, 1.165) is 5.56 Å². The first-order valence-corrected chi connectivity index (χ1v) is 6.42. The van der Waals surface area contributed by atoms with Gasteiger partial charge in [-0.2, -0.15) is 0 Å². The van der Waals surface area contributed by atoms with Crippen molar-refractivity contribution in [2.45, 2.75) is 6.92 Å². The van der Waals surface area contributed by atoms with Crippen molar-refractivity contribution in [1.29, 1.82) is 0 Å². The fourth-order valence-corrected chi connectivity index (χ4v) is 2.03. The Kier molecular flexibility index (Phi) is 3.76. The third-order valence-corrected chi connectivity index (χ3v) is 3.41. The molecule has 1 amide bonds. The van der Waals surface area contributed by atoms with Crippen LogP contribution in [0.2, 0.25) is 0 Å². The first-order chi connectivity index (χ1) is 8.97. The van der Waals surface area contributed by atoms with Crippen LogP contribution in [0, 0.1) is 6.92 Å². The van der Waals surface area contributed by atoms with Gasteiger partial charge in [-0.1, -0.05) is 0 Å². The molecule has 0 bridgehead atoms. The largest absolute Gasteiger partial charge is 0.508 e. The first-order valence-electron chi connectivity index (χ1n) is 5.63. The summed E-state index contributed by atoms with van der Waals surface area (Å²) in [6.45, 7) is 1.81. The van der Waals surface area contributed by atoms with Gasteiger partial charge in [0, 0.05) is 21.4 Å². The molecular weight excluding hydrogens is 308 g/mol. The van der Waals surface area contributed by atoms with Gasteiger partial charge in [-0.15, -0.1) is 0 Å². The van der Waals surface area contributed by atoms with Crippen LogP contribution in [0.25, 0.3) is 0 Å². The molecule has 4 nitrogen and oxygen atoms in total. The Bertz CT molecular complexity index is 641. The summed E-state index contributed by atoms with van der Waals surface area (Å²) >= 11 is 3.29. The number of rotatable bonds is 2. The fourth-order valence-electron chi connectivity index (χ4n) is 1.65. The van der Waals surface area contributed by atoms with Crippen molar-refractivity contribution in [3.8, 4) is 5.75 Å². The molecule has 0 aliphatic carbocycles. The molecule has 2 aromatic carbocycles. The Balaban J connectivity index is 2.23. The summed E-state index contributed by atoms with van der Waals surface area (Å²) < 4.78 is 0.683. The van der Waals surface area contributed by atoms with Crippen molar-refractivity contribution in [1.82, 2.24) is 0 Å². The van der Waals surface area contributed by atoms with Gasteiger partial charge in [0.1, 0.15) is 5.75 Å². The molecule has 0 heterocycles. The summed E-state index contributed by atoms with van der Waals surface area (Å²) in [6.07, 6.45) is 0. The monoisotopic (exact) mass is 320 g/mol. The van der Waals surface area contributed by atoms with Crippen LogP contribution in [0.3, 0.4) is 0 Å². The molecule has 98 valence electrons. The lowest BCUT2D eigenvalue weighted by molar-refractivity contribution is 0.102. The fraction of sp³-hybridized carbons (Fsp3) is 0.0714. The zero-order valence-corrected chi connectivity index (χ0v) is 11.9. The van der Waals surface area contributed by atoms with Crippen LogP contribution in [0.15, 0.2) is 40.9 Å². The number of nitrogen functional groups attached to an aromatic ring is 1. The smallest absolute Gasteiger partial charge is 0.255 e. The minimum atomic E-state index is -0.227. The summed E-state index contributed by atoms with van der Waals surface area (Å²) in [5.74, 6) is -0.0554. The van der Waals surface area contributed by atoms with Gasteiger partial charge < -0.3 is 16.2 Å². The van der Waals surface area contributed by atoms with Crippen LogP contribution < -0.4 is 11.1 Å². The number of anilines is 2. The van der Waals surface area contributed by atoms with Gasteiger partial charge in [-0.25, -0.2) is 0 Å². The molecule has 0 saturated heterocycles. The van der Waals surface area contributed by atoms with E-state index in [4.69, 9.17) is 5.73 Å². The molecular formula is C14H13BrN2O2. The Morgan fingerprint density at radius 1 is 1.26 bits per heavy atom. The predicted octanol–water partition coefficient (Wildman–Crippen LogP) is 3.30. The highest BCUT2D eigenvalue weighted by atomic mass is 79.9. The molecule has 0 spiro atoms. The highest BCUT2D eigenvalue weighted by Gasteiger charge is 2.09. The van der Waals surface area contributed by atoms with Crippen LogP contribution in [0.4, 0.5) is 11.4 Å². The summed E-state index contributed by atoms with van der Waals surface area (Å²) in [5.41, 5.74) is 8.22. The van der Waals surface area contributed by atoms with Crippen LogP contribution in [0.1, 0.15) is 15.9 Å². The van der Waals surface area contributed by atoms with E-state index >= 15 is 0 Å². The molecule has 0 aliphatic rings. The van der Waals surface area contributed by atoms with E-state index in [-0.39, 0.29) is 11.7 Å². The lowest BCUT2D eigenvalue weighted by Crippen LogP contribution is -2.12. The lowest BCUT2D eigenvalue weighted by Gasteiger charge is -2.09. The van der Waals surface area contributed by atoms with Crippen molar-refractivity contribution >= 4 is 33.2 Å². The van der Waals surface area contributed by atoms with Gasteiger partial charge in [0.25, 0.3) is 5.91 Å². The highest BCUT2D eigenvalue weighted by Crippen LogP contribution is 2.23. The molecule has 4 N–H and O–H groups in total. The number of aryl methyl sites for hydroxylation is 1. The number of phenolic OH excluding ortho intramolecular Hbond substituents is 1. The van der Waals surface area contributed by atoms with Crippen LogP contribution >= 0.6 is 15.9 Å². The standard InChI is InChI=1S/C14H13BrN2O2/c1-8-6-10(18)3-5-13(8)17-14(19)9-2-4-12(16)11(15)7-9/h2-7,18H,16H2,1H3,(H,17,19). The maximum Gasteiger partial charge on any atom is 0.255 e. The van der Waals surface area contributed by atoms with E-state index in [2.05, 4.69) is 21.2 Å². The average Bonchev–Trinajstić information content (AvgIpc) is 2.36. The van der Waals surface area contributed by atoms with Crippen LogP contribution in [-0.2, 0) is 0 Å². The maximum absolute atomic E-state index is 12.1. The minimum absolute atomic E-state index is 0.172. The van der Waals surface area contributed by atoms with E-state index in [1.165, 1.54) is 6.07 Å². The number of carbonyl (C=O) groups is 1. The normalized spacial score (nSPS) is 10.2. The summed E-state index contributed by atoms with van der Waals surface area (Å²) in [5, 5.41) is 12.1. The van der Waals surface area contributed by atoms with Gasteiger partial charge >= 0.3 is 0 Å². The number of phenols is 1. The third kappa shape index (κ3) is 3.06. The molecule has 0 saturated carbocycles. The Labute approximate surface area is 119 Å². The number of benzene rings is 2. The van der Waals surface area contributed by atoms with Crippen molar-refractivity contribution < 1.29 is 9.90 Å². The van der Waals surface area contributed by atoms with Crippen molar-refractivity contribution in [2.24, 2.45) is 0 Å². The number of aromatic hydroxyl groups is 1. The molecule has 2 rings (SSSR count). The van der Waals surface area contributed by atoms with Crippen molar-refractivity contribution in [3.63, 3.8) is 0 Å². The summed E-state index contributed by atoms with van der Waals surface area (Å²) in [7, 11) is 0. The first kappa shape index (κ1) is 13.4. The number of carbonyl (C=O) groups excluding carboxylic acids is 1. The van der Waals surface area contributed by atoms with E-state index in [1.54, 1.807) is 30.3 Å². The number of nitrogens with two attached hydrogens (primary N) is 1. The van der Waals surface area contributed by atoms with Gasteiger partial charge in [-0.05, 0) is 64.8 Å². The van der Waals surface area contributed by atoms with E-state index < -0.39 is 0 Å². The Hall–Kier alpha value is -2.01. The second-order valence-electron chi connectivity index (χ2n) is 4.19. The molecule has 5 heteroatoms. The van der Waals surface area contributed by atoms with Crippen molar-refractivity contribution in [3.05, 3.63) is 52.0 Å². The second kappa shape index (κ2) is 5.32. The van der Waals surface area contributed by atoms with E-state index in [1.807, 2.05) is 6.92 Å². The maximum atomic E-state index is 12.1.